The van der Waals surface area contributed by atoms with Crippen LogP contribution in [0.25, 0.3) is 0 Å². The second-order valence-electron chi connectivity index (χ2n) is 11.8. The third-order valence-electron chi connectivity index (χ3n) is 8.06. The Morgan fingerprint density at radius 3 is 1.65 bits per heavy atom. The molecule has 0 saturated carbocycles. The van der Waals surface area contributed by atoms with Crippen LogP contribution >= 0.6 is 0 Å². The molecule has 0 fully saturated rings. The molecule has 0 aliphatic carbocycles. The SMILES string of the molecule is CC[C@H](C)[C@@H](OC(C)=O)C(=O)N[C@@H](C(=O)N(C)[C@H](Cc1ccc(O)cc1)C(=O)N(C)[C@@H](Cc1ccc(O)cc1)C(=O)OC)C(C)C. The molecule has 46 heavy (non-hydrogen) atoms. The highest BCUT2D eigenvalue weighted by Crippen LogP contribution is 2.21. The monoisotopic (exact) mass is 641 g/mol. The van der Waals surface area contributed by atoms with Gasteiger partial charge in [0.1, 0.15) is 29.6 Å². The first kappa shape index (κ1) is 37.6. The van der Waals surface area contributed by atoms with Gasteiger partial charge in [-0.25, -0.2) is 4.79 Å². The fourth-order valence-electron chi connectivity index (χ4n) is 4.95. The molecule has 2 aromatic carbocycles. The van der Waals surface area contributed by atoms with Gasteiger partial charge in [-0.05, 0) is 47.7 Å². The van der Waals surface area contributed by atoms with E-state index in [2.05, 4.69) is 5.32 Å². The van der Waals surface area contributed by atoms with Crippen LogP contribution in [0, 0.1) is 11.8 Å². The van der Waals surface area contributed by atoms with E-state index in [9.17, 15) is 34.2 Å². The van der Waals surface area contributed by atoms with Crippen molar-refractivity contribution in [1.29, 1.82) is 0 Å². The minimum atomic E-state index is -1.13. The van der Waals surface area contributed by atoms with Crippen molar-refractivity contribution in [3.05, 3.63) is 59.7 Å². The molecule has 2 rings (SSSR count). The molecule has 0 aliphatic rings. The summed E-state index contributed by atoms with van der Waals surface area (Å²) in [6.07, 6.45) is -0.452. The highest BCUT2D eigenvalue weighted by atomic mass is 16.5. The van der Waals surface area contributed by atoms with E-state index in [-0.39, 0.29) is 30.3 Å². The van der Waals surface area contributed by atoms with E-state index < -0.39 is 59.8 Å². The largest absolute Gasteiger partial charge is 0.508 e. The zero-order valence-electron chi connectivity index (χ0n) is 27.9. The van der Waals surface area contributed by atoms with E-state index in [0.29, 0.717) is 17.5 Å². The first-order valence-corrected chi connectivity index (χ1v) is 15.3. The highest BCUT2D eigenvalue weighted by Gasteiger charge is 2.39. The van der Waals surface area contributed by atoms with Gasteiger partial charge in [0, 0.05) is 39.8 Å². The van der Waals surface area contributed by atoms with E-state index in [1.807, 2.05) is 6.92 Å². The van der Waals surface area contributed by atoms with Crippen LogP contribution in [-0.2, 0) is 46.3 Å². The van der Waals surface area contributed by atoms with Gasteiger partial charge in [0.05, 0.1) is 7.11 Å². The van der Waals surface area contributed by atoms with Gasteiger partial charge in [-0.15, -0.1) is 0 Å². The van der Waals surface area contributed by atoms with E-state index in [0.717, 1.165) is 0 Å². The molecule has 0 heterocycles. The van der Waals surface area contributed by atoms with Crippen molar-refractivity contribution >= 4 is 29.7 Å². The predicted molar refractivity (Wildman–Crippen MR) is 171 cm³/mol. The summed E-state index contributed by atoms with van der Waals surface area (Å²) < 4.78 is 10.3. The number of hydrogen-bond donors (Lipinski definition) is 3. The first-order valence-electron chi connectivity index (χ1n) is 15.3. The molecule has 3 N–H and O–H groups in total. The lowest BCUT2D eigenvalue weighted by Gasteiger charge is -2.36. The zero-order valence-corrected chi connectivity index (χ0v) is 27.9. The Kier molecular flexibility index (Phi) is 14.0. The number of esters is 2. The minimum absolute atomic E-state index is 0.0269. The molecule has 0 aliphatic heterocycles. The zero-order chi connectivity index (χ0) is 34.7. The summed E-state index contributed by atoms with van der Waals surface area (Å²) in [4.78, 5) is 68.8. The lowest BCUT2D eigenvalue weighted by Crippen LogP contribution is -2.59. The molecule has 2 aromatic rings. The molecule has 12 heteroatoms. The van der Waals surface area contributed by atoms with Gasteiger partial charge in [0.25, 0.3) is 5.91 Å². The topological polar surface area (TPSA) is 163 Å². The van der Waals surface area contributed by atoms with Crippen LogP contribution in [0.1, 0.15) is 52.2 Å². The summed E-state index contributed by atoms with van der Waals surface area (Å²) in [6.45, 7) is 8.32. The fraction of sp³-hybridized carbons (Fsp3) is 0.500. The van der Waals surface area contributed by atoms with Gasteiger partial charge in [0.2, 0.25) is 11.8 Å². The molecular weight excluding hydrogens is 594 g/mol. The standard InChI is InChI=1S/C34H47N3O9/c1-9-21(4)30(46-22(5)38)31(41)35-29(20(2)3)33(43)36(6)27(18-23-10-14-25(39)15-11-23)32(42)37(7)28(34(44)45-8)19-24-12-16-26(40)17-13-24/h10-17,20-21,27-30,39-40H,9,18-19H2,1-8H3,(H,35,41)/t21-,27+,28-,29+,30+/m0/s1. The van der Waals surface area contributed by atoms with Gasteiger partial charge >= 0.3 is 11.9 Å². The fourth-order valence-corrected chi connectivity index (χ4v) is 4.95. The van der Waals surface area contributed by atoms with Crippen molar-refractivity contribution in [1.82, 2.24) is 15.1 Å². The van der Waals surface area contributed by atoms with E-state index >= 15 is 0 Å². The molecule has 0 unspecified atom stereocenters. The number of aromatic hydroxyl groups is 2. The molecular formula is C34H47N3O9. The second kappa shape index (κ2) is 17.2. The normalized spacial score (nSPS) is 14.3. The number of phenolic OH excluding ortho intramolecular Hbond substituents is 2. The maximum atomic E-state index is 14.2. The Morgan fingerprint density at radius 2 is 1.24 bits per heavy atom. The van der Waals surface area contributed by atoms with Gasteiger partial charge in [0.15, 0.2) is 6.10 Å². The Morgan fingerprint density at radius 1 is 0.783 bits per heavy atom. The molecule has 12 nitrogen and oxygen atoms in total. The summed E-state index contributed by atoms with van der Waals surface area (Å²) in [5.74, 6) is -3.69. The molecule has 252 valence electrons. The Labute approximate surface area is 270 Å². The Hall–Kier alpha value is -4.61. The van der Waals surface area contributed by atoms with E-state index in [4.69, 9.17) is 9.47 Å². The number of ether oxygens (including phenoxy) is 2. The number of amides is 3. The summed E-state index contributed by atoms with van der Waals surface area (Å²) in [5.41, 5.74) is 1.30. The number of benzene rings is 2. The molecule has 0 aromatic heterocycles. The first-order chi connectivity index (χ1) is 21.6. The maximum Gasteiger partial charge on any atom is 0.328 e. The lowest BCUT2D eigenvalue weighted by atomic mass is 9.96. The summed E-state index contributed by atoms with van der Waals surface area (Å²) in [6, 6.07) is 9.11. The molecule has 3 amide bonds. The number of hydrogen-bond acceptors (Lipinski definition) is 9. The van der Waals surface area contributed by atoms with Crippen molar-refractivity contribution in [2.75, 3.05) is 21.2 Å². The lowest BCUT2D eigenvalue weighted by molar-refractivity contribution is -0.158. The number of rotatable bonds is 15. The van der Waals surface area contributed by atoms with Gasteiger partial charge in [-0.3, -0.25) is 19.2 Å². The number of nitrogens with one attached hydrogen (secondary N) is 1. The van der Waals surface area contributed by atoms with Crippen LogP contribution in [-0.4, -0.2) is 95.1 Å². The average molecular weight is 642 g/mol. The number of nitrogens with zero attached hydrogens (tertiary/aromatic N) is 2. The van der Waals surface area contributed by atoms with Gasteiger partial charge in [-0.1, -0.05) is 52.0 Å². The number of carbonyl (C=O) groups excluding carboxylic acids is 5. The highest BCUT2D eigenvalue weighted by molar-refractivity contribution is 5.94. The second-order valence-corrected chi connectivity index (χ2v) is 11.8. The molecule has 0 radical (unpaired) electrons. The summed E-state index contributed by atoms with van der Waals surface area (Å²) in [5, 5.41) is 22.2. The third-order valence-corrected chi connectivity index (χ3v) is 8.06. The number of likely N-dealkylation sites (N-methyl/N-ethyl adjacent to an activating group) is 2. The van der Waals surface area contributed by atoms with Crippen LogP contribution in [0.4, 0.5) is 0 Å². The van der Waals surface area contributed by atoms with Gasteiger partial charge < -0.3 is 34.8 Å². The smallest absolute Gasteiger partial charge is 0.328 e. The average Bonchev–Trinajstić information content (AvgIpc) is 3.03. The number of phenols is 2. The third kappa shape index (κ3) is 10.2. The molecule has 5 atom stereocenters. The Balaban J connectivity index is 2.48. The van der Waals surface area contributed by atoms with Crippen molar-refractivity contribution in [2.45, 2.75) is 78.1 Å². The predicted octanol–water partition coefficient (Wildman–Crippen LogP) is 2.83. The minimum Gasteiger partial charge on any atom is -0.508 e. The van der Waals surface area contributed by atoms with Crippen molar-refractivity contribution in [3.63, 3.8) is 0 Å². The number of methoxy groups -OCH3 is 1. The quantitative estimate of drug-likeness (QED) is 0.248. The molecule has 0 bridgehead atoms. The summed E-state index contributed by atoms with van der Waals surface area (Å²) >= 11 is 0. The molecule has 0 saturated heterocycles. The number of carbonyl (C=O) groups is 5. The van der Waals surface area contributed by atoms with E-state index in [1.165, 1.54) is 62.2 Å². The van der Waals surface area contributed by atoms with Crippen LogP contribution in [0.3, 0.4) is 0 Å². The van der Waals surface area contributed by atoms with Gasteiger partial charge in [-0.2, -0.15) is 0 Å². The Bertz CT molecular complexity index is 1340. The van der Waals surface area contributed by atoms with Crippen molar-refractivity contribution < 1.29 is 43.7 Å². The van der Waals surface area contributed by atoms with E-state index in [1.54, 1.807) is 45.0 Å². The van der Waals surface area contributed by atoms with Crippen LogP contribution in [0.2, 0.25) is 0 Å². The van der Waals surface area contributed by atoms with Crippen molar-refractivity contribution in [2.24, 2.45) is 11.8 Å². The maximum absolute atomic E-state index is 14.2. The van der Waals surface area contributed by atoms with Crippen molar-refractivity contribution in [3.8, 4) is 11.5 Å². The molecule has 0 spiro atoms. The summed E-state index contributed by atoms with van der Waals surface area (Å²) in [7, 11) is 4.11. The van der Waals surface area contributed by atoms with Crippen LogP contribution < -0.4 is 5.32 Å². The van der Waals surface area contributed by atoms with Crippen LogP contribution in [0.15, 0.2) is 48.5 Å². The van der Waals surface area contributed by atoms with Crippen LogP contribution in [0.5, 0.6) is 11.5 Å².